The van der Waals surface area contributed by atoms with E-state index in [4.69, 9.17) is 16.3 Å². The molecule has 43 heavy (non-hydrogen) atoms. The highest BCUT2D eigenvalue weighted by molar-refractivity contribution is 7.92. The molecule has 2 aromatic rings. The van der Waals surface area contributed by atoms with E-state index in [1.54, 1.807) is 27.1 Å². The van der Waals surface area contributed by atoms with Crippen molar-refractivity contribution in [1.29, 1.82) is 0 Å². The fraction of sp³-hybridized carbons (Fsp3) is 0.581. The number of nitrogens with zero attached hydrogens (tertiary/aromatic N) is 4. The van der Waals surface area contributed by atoms with Gasteiger partial charge in [0.05, 0.1) is 29.0 Å². The molecule has 236 valence electrons. The molecule has 2 aliphatic carbocycles. The van der Waals surface area contributed by atoms with Crippen molar-refractivity contribution in [2.24, 2.45) is 5.10 Å². The lowest BCUT2D eigenvalue weighted by atomic mass is 9.80. The molecule has 0 radical (unpaired) electrons. The quantitative estimate of drug-likeness (QED) is 0.161. The Bertz CT molecular complexity index is 1420. The summed E-state index contributed by atoms with van der Waals surface area (Å²) in [5.74, 6) is 1.62. The van der Waals surface area contributed by atoms with Crippen LogP contribution in [0.3, 0.4) is 0 Å². The van der Waals surface area contributed by atoms with E-state index in [0.29, 0.717) is 29.6 Å². The van der Waals surface area contributed by atoms with Crippen LogP contribution in [0.2, 0.25) is 5.02 Å². The average molecular weight is 632 g/mol. The van der Waals surface area contributed by atoms with Crippen LogP contribution in [0.1, 0.15) is 83.3 Å². The molecular weight excluding hydrogens is 586 g/mol. The Morgan fingerprint density at radius 1 is 1.19 bits per heavy atom. The van der Waals surface area contributed by atoms with Gasteiger partial charge in [-0.3, -0.25) is 5.01 Å². The first-order chi connectivity index (χ1) is 20.3. The summed E-state index contributed by atoms with van der Waals surface area (Å²) in [5, 5.41) is 15.0. The van der Waals surface area contributed by atoms with Gasteiger partial charge in [-0.25, -0.2) is 13.4 Å². The first-order valence-electron chi connectivity index (χ1n) is 15.1. The normalized spacial score (nSPS) is 19.4. The van der Waals surface area contributed by atoms with E-state index in [2.05, 4.69) is 70.6 Å². The number of sulfone groups is 1. The molecule has 0 unspecified atom stereocenters. The second-order valence-corrected chi connectivity index (χ2v) is 15.2. The van der Waals surface area contributed by atoms with E-state index in [9.17, 15) is 8.42 Å². The molecule has 1 aromatic carbocycles. The van der Waals surface area contributed by atoms with Crippen LogP contribution in [-0.2, 0) is 9.84 Å². The van der Waals surface area contributed by atoms with Crippen LogP contribution in [0.5, 0.6) is 5.75 Å². The summed E-state index contributed by atoms with van der Waals surface area (Å²) in [4.78, 5) is 8.99. The lowest BCUT2D eigenvalue weighted by Crippen LogP contribution is -2.37. The summed E-state index contributed by atoms with van der Waals surface area (Å²) < 4.78 is 31.8. The molecule has 2 aliphatic rings. The van der Waals surface area contributed by atoms with Gasteiger partial charge in [-0.1, -0.05) is 25.4 Å². The third-order valence-electron chi connectivity index (χ3n) is 7.83. The molecule has 2 fully saturated rings. The monoisotopic (exact) mass is 631 g/mol. The Hall–Kier alpha value is -2.89. The predicted molar refractivity (Wildman–Crippen MR) is 176 cm³/mol. The number of benzene rings is 1. The van der Waals surface area contributed by atoms with Crippen molar-refractivity contribution < 1.29 is 13.2 Å². The predicted octanol–water partition coefficient (Wildman–Crippen LogP) is 6.37. The van der Waals surface area contributed by atoms with Gasteiger partial charge in [0.25, 0.3) is 0 Å². The van der Waals surface area contributed by atoms with E-state index >= 15 is 0 Å². The zero-order valence-electron chi connectivity index (χ0n) is 26.2. The highest BCUT2D eigenvalue weighted by atomic mass is 35.5. The third-order valence-corrected chi connectivity index (χ3v) is 10.3. The molecular formula is C31H46ClN7O3S. The fourth-order valence-electron chi connectivity index (χ4n) is 5.29. The van der Waals surface area contributed by atoms with E-state index in [-0.39, 0.29) is 22.7 Å². The number of hydrazone groups is 1. The van der Waals surface area contributed by atoms with Crippen LogP contribution in [0.25, 0.3) is 0 Å². The molecule has 1 heterocycles. The molecule has 0 atom stereocenters. The van der Waals surface area contributed by atoms with Crippen molar-refractivity contribution in [1.82, 2.24) is 20.3 Å². The van der Waals surface area contributed by atoms with E-state index in [1.165, 1.54) is 35.2 Å². The minimum atomic E-state index is -3.42. The largest absolute Gasteiger partial charge is 0.488 e. The number of anilines is 3. The number of nitrogens with one attached hydrogen (secondary N) is 3. The van der Waals surface area contributed by atoms with Crippen LogP contribution in [0.4, 0.5) is 17.5 Å². The summed E-state index contributed by atoms with van der Waals surface area (Å²) in [6.45, 7) is 13.3. The molecule has 0 aliphatic heterocycles. The van der Waals surface area contributed by atoms with Gasteiger partial charge in [-0.15, -0.1) is 0 Å². The highest BCUT2D eigenvalue weighted by Gasteiger charge is 2.28. The molecule has 12 heteroatoms. The van der Waals surface area contributed by atoms with Crippen molar-refractivity contribution >= 4 is 45.6 Å². The number of ether oxygens (including phenoxy) is 1. The first kappa shape index (κ1) is 33.0. The maximum absolute atomic E-state index is 12.7. The van der Waals surface area contributed by atoms with Gasteiger partial charge in [0, 0.05) is 37.7 Å². The molecule has 0 bridgehead atoms. The van der Waals surface area contributed by atoms with E-state index in [0.717, 1.165) is 37.1 Å². The summed E-state index contributed by atoms with van der Waals surface area (Å²) >= 11 is 6.46. The van der Waals surface area contributed by atoms with Crippen LogP contribution in [0.15, 0.2) is 35.3 Å². The van der Waals surface area contributed by atoms with Crippen LogP contribution in [-0.4, -0.2) is 66.4 Å². The Balaban J connectivity index is 1.58. The van der Waals surface area contributed by atoms with Crippen LogP contribution in [0, 0.1) is 6.92 Å². The van der Waals surface area contributed by atoms with Gasteiger partial charge in [0.2, 0.25) is 5.95 Å². The number of hydrogen-bond donors (Lipinski definition) is 3. The molecule has 0 spiro atoms. The number of halogens is 1. The Morgan fingerprint density at radius 3 is 2.49 bits per heavy atom. The molecule has 4 rings (SSSR count). The molecule has 1 aromatic heterocycles. The van der Waals surface area contributed by atoms with Gasteiger partial charge >= 0.3 is 0 Å². The van der Waals surface area contributed by atoms with Crippen LogP contribution >= 0.6 is 11.6 Å². The Morgan fingerprint density at radius 2 is 1.88 bits per heavy atom. The highest BCUT2D eigenvalue weighted by Crippen LogP contribution is 2.41. The van der Waals surface area contributed by atoms with Gasteiger partial charge < -0.3 is 20.7 Å². The van der Waals surface area contributed by atoms with E-state index < -0.39 is 15.1 Å². The fourth-order valence-corrected chi connectivity index (χ4v) is 6.34. The van der Waals surface area contributed by atoms with Gasteiger partial charge in [0.1, 0.15) is 10.8 Å². The second kappa shape index (κ2) is 14.3. The lowest BCUT2D eigenvalue weighted by Gasteiger charge is -2.32. The number of rotatable bonds is 14. The number of hydrogen-bond acceptors (Lipinski definition) is 10. The van der Waals surface area contributed by atoms with Gasteiger partial charge in [0.15, 0.2) is 15.7 Å². The lowest BCUT2D eigenvalue weighted by molar-refractivity contribution is 0.302. The van der Waals surface area contributed by atoms with Crippen molar-refractivity contribution in [2.75, 3.05) is 23.4 Å². The topological polar surface area (TPSA) is 121 Å². The number of aryl methyl sites for hydroxylation is 1. The minimum absolute atomic E-state index is 0.219. The number of aromatic nitrogens is 2. The maximum atomic E-state index is 12.7. The van der Waals surface area contributed by atoms with Crippen molar-refractivity contribution in [3.8, 4) is 5.75 Å². The maximum Gasteiger partial charge on any atom is 0.229 e. The second-order valence-electron chi connectivity index (χ2n) is 12.3. The summed E-state index contributed by atoms with van der Waals surface area (Å²) in [6.07, 6.45) is 9.97. The van der Waals surface area contributed by atoms with Crippen molar-refractivity contribution in [3.63, 3.8) is 0 Å². The smallest absolute Gasteiger partial charge is 0.229 e. The average Bonchev–Trinajstić information content (AvgIpc) is 3.76. The summed E-state index contributed by atoms with van der Waals surface area (Å²) in [5.41, 5.74) is 3.67. The molecule has 0 saturated heterocycles. The molecule has 3 N–H and O–H groups in total. The van der Waals surface area contributed by atoms with Gasteiger partial charge in [-0.05, 0) is 88.5 Å². The first-order valence-corrected chi connectivity index (χ1v) is 17.2. The molecule has 2 saturated carbocycles. The Kier molecular flexibility index (Phi) is 10.9. The van der Waals surface area contributed by atoms with Crippen molar-refractivity contribution in [2.45, 2.75) is 102 Å². The summed E-state index contributed by atoms with van der Waals surface area (Å²) in [7, 11) is -1.76. The standard InChI is InChI=1S/C31H46ClN7O3S/c1-19(2)35-23-10-8-22(9-11-23)26-15-29(42-25-12-13-25)28(14-21(26)5)37-31-34-16-27(32)30(38-31)36-24(17-39(7)33-6)18-43(40,41)20(3)4/h14-17,19-20,22-23,25,35H,6,8-13,18H2,1-5,7H3,(H2,34,36,37,38)/b24-17+. The zero-order valence-corrected chi connectivity index (χ0v) is 27.7. The van der Waals surface area contributed by atoms with E-state index in [1.807, 2.05) is 0 Å². The third kappa shape index (κ3) is 9.30. The molecule has 0 amide bonds. The van der Waals surface area contributed by atoms with Gasteiger partial charge in [-0.2, -0.15) is 10.1 Å². The summed E-state index contributed by atoms with van der Waals surface area (Å²) in [6, 6.07) is 5.39. The Labute approximate surface area is 261 Å². The SMILES string of the molecule is C=NN(C)/C=C(\CS(=O)(=O)C(C)C)Nc1nc(Nc2cc(C)c(C3CCC(NC(C)C)CC3)cc2OC2CC2)ncc1Cl. The van der Waals surface area contributed by atoms with Crippen molar-refractivity contribution in [3.05, 3.63) is 46.4 Å². The van der Waals surface area contributed by atoms with Crippen LogP contribution < -0.4 is 20.7 Å². The molecule has 10 nitrogen and oxygen atoms in total. The zero-order chi connectivity index (χ0) is 31.3. The minimum Gasteiger partial charge on any atom is -0.488 e.